The Kier molecular flexibility index (Phi) is 4.57. The number of benzene rings is 2. The summed E-state index contributed by atoms with van der Waals surface area (Å²) in [6.07, 6.45) is 0. The maximum atomic E-state index is 12.9. The molecule has 1 aromatic heterocycles. The van der Waals surface area contributed by atoms with Gasteiger partial charge in [0.2, 0.25) is 21.7 Å². The van der Waals surface area contributed by atoms with Crippen LogP contribution in [-0.4, -0.2) is 25.1 Å². The van der Waals surface area contributed by atoms with E-state index in [1.807, 2.05) is 0 Å². The fourth-order valence-corrected chi connectivity index (χ4v) is 3.34. The fourth-order valence-electron chi connectivity index (χ4n) is 2.60. The molecule has 0 saturated heterocycles. The SMILES string of the molecule is CC(=O)Nc1c(C(=O)c2cccc(S(N)(=O)=O)c2)[nH]c2cc(Cl)ccc12. The maximum Gasteiger partial charge on any atom is 0.238 e. The van der Waals surface area contributed by atoms with Gasteiger partial charge in [-0.05, 0) is 30.3 Å². The largest absolute Gasteiger partial charge is 0.350 e. The highest BCUT2D eigenvalue weighted by atomic mass is 35.5. The Morgan fingerprint density at radius 1 is 1.15 bits per heavy atom. The van der Waals surface area contributed by atoms with Gasteiger partial charge in [0.1, 0.15) is 5.69 Å². The van der Waals surface area contributed by atoms with Crippen LogP contribution in [0.5, 0.6) is 0 Å². The number of nitrogens with two attached hydrogens (primary N) is 1. The van der Waals surface area contributed by atoms with Gasteiger partial charge in [-0.15, -0.1) is 0 Å². The van der Waals surface area contributed by atoms with Crippen molar-refractivity contribution in [2.45, 2.75) is 11.8 Å². The predicted molar refractivity (Wildman–Crippen MR) is 98.9 cm³/mol. The summed E-state index contributed by atoms with van der Waals surface area (Å²) in [6, 6.07) is 10.3. The molecule has 0 radical (unpaired) electrons. The van der Waals surface area contributed by atoms with Crippen LogP contribution in [0.1, 0.15) is 23.0 Å². The molecule has 0 unspecified atom stereocenters. The summed E-state index contributed by atoms with van der Waals surface area (Å²) in [5.74, 6) is -0.847. The zero-order chi connectivity index (χ0) is 19.1. The third kappa shape index (κ3) is 3.48. The number of amides is 1. The number of carbonyl (C=O) groups excluding carboxylic acids is 2. The molecule has 7 nitrogen and oxygen atoms in total. The number of hydrogen-bond donors (Lipinski definition) is 3. The first kappa shape index (κ1) is 18.1. The number of ketones is 1. The minimum Gasteiger partial charge on any atom is -0.350 e. The van der Waals surface area contributed by atoms with Gasteiger partial charge in [0.15, 0.2) is 0 Å². The second-order valence-electron chi connectivity index (χ2n) is 5.65. The zero-order valence-electron chi connectivity index (χ0n) is 13.5. The zero-order valence-corrected chi connectivity index (χ0v) is 15.1. The molecule has 0 spiro atoms. The van der Waals surface area contributed by atoms with Crippen molar-refractivity contribution in [3.63, 3.8) is 0 Å². The Morgan fingerprint density at radius 2 is 1.88 bits per heavy atom. The van der Waals surface area contributed by atoms with Gasteiger partial charge >= 0.3 is 0 Å². The molecule has 9 heteroatoms. The standard InChI is InChI=1S/C17H14ClN3O4S/c1-9(22)20-15-13-6-5-11(18)8-14(13)21-16(15)17(23)10-3-2-4-12(7-10)26(19,24)25/h2-8,21H,1H3,(H,20,22)(H2,19,24,25). The van der Waals surface area contributed by atoms with Crippen molar-refractivity contribution in [1.29, 1.82) is 0 Å². The van der Waals surface area contributed by atoms with E-state index >= 15 is 0 Å². The van der Waals surface area contributed by atoms with E-state index in [2.05, 4.69) is 10.3 Å². The molecule has 3 aromatic rings. The second kappa shape index (κ2) is 6.56. The fraction of sp³-hybridized carbons (Fsp3) is 0.0588. The summed E-state index contributed by atoms with van der Waals surface area (Å²) >= 11 is 5.98. The van der Waals surface area contributed by atoms with Crippen LogP contribution in [0, 0.1) is 0 Å². The summed E-state index contributed by atoms with van der Waals surface area (Å²) in [5, 5.41) is 8.82. The molecular weight excluding hydrogens is 378 g/mol. The number of H-pyrrole nitrogens is 1. The van der Waals surface area contributed by atoms with Crippen molar-refractivity contribution >= 4 is 49.9 Å². The van der Waals surface area contributed by atoms with Crippen molar-refractivity contribution < 1.29 is 18.0 Å². The number of sulfonamides is 1. The van der Waals surface area contributed by atoms with Crippen LogP contribution in [0.4, 0.5) is 5.69 Å². The molecule has 1 heterocycles. The molecule has 2 aromatic carbocycles. The van der Waals surface area contributed by atoms with Crippen molar-refractivity contribution in [2.24, 2.45) is 5.14 Å². The van der Waals surface area contributed by atoms with Crippen LogP contribution < -0.4 is 10.5 Å². The molecule has 134 valence electrons. The smallest absolute Gasteiger partial charge is 0.238 e. The van der Waals surface area contributed by atoms with Crippen LogP contribution >= 0.6 is 11.6 Å². The Morgan fingerprint density at radius 3 is 2.54 bits per heavy atom. The van der Waals surface area contributed by atoms with Gasteiger partial charge in [-0.2, -0.15) is 0 Å². The van der Waals surface area contributed by atoms with Gasteiger partial charge in [0.05, 0.1) is 10.6 Å². The monoisotopic (exact) mass is 391 g/mol. The number of aromatic amines is 1. The van der Waals surface area contributed by atoms with Crippen molar-refractivity contribution in [2.75, 3.05) is 5.32 Å². The Balaban J connectivity index is 2.18. The third-order valence-electron chi connectivity index (χ3n) is 3.71. The van der Waals surface area contributed by atoms with E-state index in [0.717, 1.165) is 0 Å². The highest BCUT2D eigenvalue weighted by Crippen LogP contribution is 2.31. The minimum atomic E-state index is -3.95. The highest BCUT2D eigenvalue weighted by molar-refractivity contribution is 7.89. The number of aromatic nitrogens is 1. The summed E-state index contributed by atoms with van der Waals surface area (Å²) < 4.78 is 23.0. The lowest BCUT2D eigenvalue weighted by molar-refractivity contribution is -0.114. The predicted octanol–water partition coefficient (Wildman–Crippen LogP) is 2.66. The lowest BCUT2D eigenvalue weighted by atomic mass is 10.1. The van der Waals surface area contributed by atoms with Crippen LogP contribution in [0.2, 0.25) is 5.02 Å². The summed E-state index contributed by atoms with van der Waals surface area (Å²) in [6.45, 7) is 1.32. The number of hydrogen-bond acceptors (Lipinski definition) is 4. The number of carbonyl (C=O) groups is 2. The van der Waals surface area contributed by atoms with Gasteiger partial charge in [-0.25, -0.2) is 13.6 Å². The molecule has 0 aliphatic carbocycles. The van der Waals surface area contributed by atoms with Crippen LogP contribution in [0.15, 0.2) is 47.4 Å². The number of fused-ring (bicyclic) bond motifs is 1. The van der Waals surface area contributed by atoms with Gasteiger partial charge in [0.25, 0.3) is 0 Å². The number of nitrogens with one attached hydrogen (secondary N) is 2. The average molecular weight is 392 g/mol. The maximum absolute atomic E-state index is 12.9. The molecule has 26 heavy (non-hydrogen) atoms. The van der Waals surface area contributed by atoms with E-state index in [1.54, 1.807) is 18.2 Å². The summed E-state index contributed by atoms with van der Waals surface area (Å²) in [7, 11) is -3.95. The second-order valence-corrected chi connectivity index (χ2v) is 7.65. The Bertz CT molecular complexity index is 1150. The first-order chi connectivity index (χ1) is 12.2. The van der Waals surface area contributed by atoms with Gasteiger partial charge in [0, 0.05) is 28.4 Å². The van der Waals surface area contributed by atoms with E-state index in [9.17, 15) is 18.0 Å². The molecule has 1 amide bonds. The van der Waals surface area contributed by atoms with Crippen LogP contribution in [0.3, 0.4) is 0 Å². The summed E-state index contributed by atoms with van der Waals surface area (Å²) in [5.41, 5.74) is 1.09. The Hall–Kier alpha value is -2.68. The van der Waals surface area contributed by atoms with E-state index in [-0.39, 0.29) is 22.1 Å². The van der Waals surface area contributed by atoms with Crippen LogP contribution in [-0.2, 0) is 14.8 Å². The number of halogens is 1. The summed E-state index contributed by atoms with van der Waals surface area (Å²) in [4.78, 5) is 27.3. The molecule has 3 rings (SSSR count). The van der Waals surface area contributed by atoms with E-state index in [0.29, 0.717) is 21.6 Å². The number of rotatable bonds is 4. The molecule has 0 aliphatic heterocycles. The molecule has 0 atom stereocenters. The normalized spacial score (nSPS) is 11.5. The molecule has 0 bridgehead atoms. The molecule has 0 saturated carbocycles. The van der Waals surface area contributed by atoms with Crippen molar-refractivity contribution in [1.82, 2.24) is 4.98 Å². The average Bonchev–Trinajstić information content (AvgIpc) is 2.90. The van der Waals surface area contributed by atoms with E-state index in [4.69, 9.17) is 16.7 Å². The van der Waals surface area contributed by atoms with E-state index < -0.39 is 15.8 Å². The van der Waals surface area contributed by atoms with Gasteiger partial charge < -0.3 is 10.3 Å². The number of primary sulfonamides is 1. The Labute approximate surface area is 154 Å². The van der Waals surface area contributed by atoms with Crippen molar-refractivity contribution in [3.8, 4) is 0 Å². The van der Waals surface area contributed by atoms with E-state index in [1.165, 1.54) is 31.2 Å². The molecule has 0 fully saturated rings. The van der Waals surface area contributed by atoms with Gasteiger partial charge in [-0.3, -0.25) is 9.59 Å². The topological polar surface area (TPSA) is 122 Å². The molecule has 0 aliphatic rings. The third-order valence-corrected chi connectivity index (χ3v) is 4.86. The van der Waals surface area contributed by atoms with Crippen LogP contribution in [0.25, 0.3) is 10.9 Å². The lowest BCUT2D eigenvalue weighted by Crippen LogP contribution is -2.14. The highest BCUT2D eigenvalue weighted by Gasteiger charge is 2.21. The van der Waals surface area contributed by atoms with Crippen molar-refractivity contribution in [3.05, 3.63) is 58.7 Å². The molecular formula is C17H14ClN3O4S. The lowest BCUT2D eigenvalue weighted by Gasteiger charge is -2.06. The first-order valence-corrected chi connectivity index (χ1v) is 9.35. The molecule has 4 N–H and O–H groups in total. The quantitative estimate of drug-likeness (QED) is 0.591. The first-order valence-electron chi connectivity index (χ1n) is 7.43. The number of anilines is 1. The minimum absolute atomic E-state index is 0.112. The van der Waals surface area contributed by atoms with Gasteiger partial charge in [-0.1, -0.05) is 23.7 Å².